The van der Waals surface area contributed by atoms with E-state index in [4.69, 9.17) is 0 Å². The van der Waals surface area contributed by atoms with E-state index < -0.39 is 0 Å². The molecule has 0 aromatic heterocycles. The summed E-state index contributed by atoms with van der Waals surface area (Å²) in [5.41, 5.74) is 1.28. The molecule has 1 aromatic rings. The van der Waals surface area contributed by atoms with Gasteiger partial charge >= 0.3 is 0 Å². The van der Waals surface area contributed by atoms with Gasteiger partial charge in [-0.2, -0.15) is 0 Å². The summed E-state index contributed by atoms with van der Waals surface area (Å²) in [4.78, 5) is 14.5. The largest absolute Gasteiger partial charge is 0.355 e. The van der Waals surface area contributed by atoms with Gasteiger partial charge in [-0.1, -0.05) is 30.3 Å². The second kappa shape index (κ2) is 9.21. The fraction of sp³-hybridized carbons (Fsp3) is 0.611. The molecule has 0 saturated carbocycles. The van der Waals surface area contributed by atoms with Crippen LogP contribution in [0.2, 0.25) is 0 Å². The van der Waals surface area contributed by atoms with Gasteiger partial charge in [-0.15, -0.1) is 11.8 Å². The van der Waals surface area contributed by atoms with Crippen LogP contribution in [0.15, 0.2) is 30.3 Å². The maximum absolute atomic E-state index is 12.1. The summed E-state index contributed by atoms with van der Waals surface area (Å²) in [6.45, 7) is 5.21. The van der Waals surface area contributed by atoms with Gasteiger partial charge in [0.2, 0.25) is 5.91 Å². The van der Waals surface area contributed by atoms with Crippen LogP contribution >= 0.6 is 11.8 Å². The van der Waals surface area contributed by atoms with E-state index in [-0.39, 0.29) is 11.2 Å². The Morgan fingerprint density at radius 1 is 1.32 bits per heavy atom. The molecule has 0 unspecified atom stereocenters. The summed E-state index contributed by atoms with van der Waals surface area (Å²) < 4.78 is 0. The van der Waals surface area contributed by atoms with Crippen LogP contribution in [0, 0.1) is 5.92 Å². The van der Waals surface area contributed by atoms with Crippen molar-refractivity contribution in [2.24, 2.45) is 5.92 Å². The highest BCUT2D eigenvalue weighted by Gasteiger charge is 2.17. The molecule has 4 heteroatoms. The first-order valence-electron chi connectivity index (χ1n) is 8.27. The molecule has 0 aliphatic carbocycles. The van der Waals surface area contributed by atoms with Crippen molar-refractivity contribution in [3.05, 3.63) is 35.9 Å². The quantitative estimate of drug-likeness (QED) is 0.837. The summed E-state index contributed by atoms with van der Waals surface area (Å²) >= 11 is 1.71. The van der Waals surface area contributed by atoms with Crippen molar-refractivity contribution in [1.29, 1.82) is 0 Å². The van der Waals surface area contributed by atoms with E-state index in [9.17, 15) is 4.79 Å². The molecule has 22 heavy (non-hydrogen) atoms. The zero-order valence-electron chi connectivity index (χ0n) is 13.8. The summed E-state index contributed by atoms with van der Waals surface area (Å²) in [5, 5.41) is 3.12. The maximum atomic E-state index is 12.1. The zero-order chi connectivity index (χ0) is 15.8. The number of nitrogens with zero attached hydrogens (tertiary/aromatic N) is 1. The Morgan fingerprint density at radius 2 is 2.00 bits per heavy atom. The van der Waals surface area contributed by atoms with Crippen LogP contribution in [0.4, 0.5) is 0 Å². The molecular formula is C18H28N2OS. The van der Waals surface area contributed by atoms with Crippen molar-refractivity contribution in [3.63, 3.8) is 0 Å². The lowest BCUT2D eigenvalue weighted by Crippen LogP contribution is -2.35. The van der Waals surface area contributed by atoms with Crippen LogP contribution in [-0.2, 0) is 10.5 Å². The first-order valence-corrected chi connectivity index (χ1v) is 9.32. The predicted molar refractivity (Wildman–Crippen MR) is 95.0 cm³/mol. The van der Waals surface area contributed by atoms with Crippen molar-refractivity contribution < 1.29 is 4.79 Å². The fourth-order valence-corrected chi connectivity index (χ4v) is 3.63. The van der Waals surface area contributed by atoms with Gasteiger partial charge in [0.05, 0.1) is 5.25 Å². The summed E-state index contributed by atoms with van der Waals surface area (Å²) in [6.07, 6.45) is 3.66. The molecule has 2 rings (SSSR count). The first kappa shape index (κ1) is 17.4. The molecule has 1 amide bonds. The standard InChI is InChI=1S/C18H28N2OS/c1-15(22-14-17-6-4-3-5-7-17)18(21)19-11-8-16-9-12-20(2)13-10-16/h3-7,15-16H,8-14H2,1-2H3,(H,19,21)/t15-/m0/s1. The van der Waals surface area contributed by atoms with Gasteiger partial charge in [0.15, 0.2) is 0 Å². The SMILES string of the molecule is C[C@H](SCc1ccccc1)C(=O)NCCC1CCN(C)CC1. The van der Waals surface area contributed by atoms with Crippen LogP contribution in [0.1, 0.15) is 31.7 Å². The summed E-state index contributed by atoms with van der Waals surface area (Å²) in [7, 11) is 2.18. The lowest BCUT2D eigenvalue weighted by atomic mass is 9.94. The molecule has 1 N–H and O–H groups in total. The summed E-state index contributed by atoms with van der Waals surface area (Å²) in [5.74, 6) is 1.85. The summed E-state index contributed by atoms with van der Waals surface area (Å²) in [6, 6.07) is 10.3. The molecule has 122 valence electrons. The highest BCUT2D eigenvalue weighted by atomic mass is 32.2. The van der Waals surface area contributed by atoms with E-state index in [2.05, 4.69) is 29.4 Å². The van der Waals surface area contributed by atoms with Gasteiger partial charge in [0, 0.05) is 12.3 Å². The number of hydrogen-bond acceptors (Lipinski definition) is 3. The molecule has 1 aliphatic rings. The number of amides is 1. The van der Waals surface area contributed by atoms with E-state index in [0.717, 1.165) is 24.6 Å². The van der Waals surface area contributed by atoms with E-state index in [0.29, 0.717) is 0 Å². The molecule has 0 bridgehead atoms. The third kappa shape index (κ3) is 6.01. The highest BCUT2D eigenvalue weighted by Crippen LogP contribution is 2.20. The number of hydrogen-bond donors (Lipinski definition) is 1. The zero-order valence-corrected chi connectivity index (χ0v) is 14.6. The molecule has 1 aromatic carbocycles. The van der Waals surface area contributed by atoms with Gasteiger partial charge in [0.25, 0.3) is 0 Å². The lowest BCUT2D eigenvalue weighted by molar-refractivity contribution is -0.120. The fourth-order valence-electron chi connectivity index (χ4n) is 2.77. The van der Waals surface area contributed by atoms with Crippen molar-refractivity contribution in [3.8, 4) is 0 Å². The topological polar surface area (TPSA) is 32.3 Å². The van der Waals surface area contributed by atoms with E-state index in [1.165, 1.54) is 31.5 Å². The molecule has 0 radical (unpaired) electrons. The Morgan fingerprint density at radius 3 is 2.68 bits per heavy atom. The number of carbonyl (C=O) groups is 1. The maximum Gasteiger partial charge on any atom is 0.232 e. The Hall–Kier alpha value is -1.00. The van der Waals surface area contributed by atoms with Crippen LogP contribution in [-0.4, -0.2) is 42.7 Å². The second-order valence-electron chi connectivity index (χ2n) is 6.27. The minimum atomic E-state index is 0.0118. The second-order valence-corrected chi connectivity index (χ2v) is 7.59. The van der Waals surface area contributed by atoms with Crippen LogP contribution < -0.4 is 5.32 Å². The number of piperidine rings is 1. The third-order valence-electron chi connectivity index (χ3n) is 4.40. The third-order valence-corrected chi connectivity index (χ3v) is 5.62. The Bertz CT molecular complexity index is 444. The minimum absolute atomic E-state index is 0.0118. The monoisotopic (exact) mass is 320 g/mol. The van der Waals surface area contributed by atoms with Crippen molar-refractivity contribution in [1.82, 2.24) is 10.2 Å². The van der Waals surface area contributed by atoms with Gasteiger partial charge in [0.1, 0.15) is 0 Å². The van der Waals surface area contributed by atoms with Gasteiger partial charge in [-0.25, -0.2) is 0 Å². The number of carbonyl (C=O) groups excluding carboxylic acids is 1. The molecule has 1 fully saturated rings. The molecule has 1 heterocycles. The smallest absolute Gasteiger partial charge is 0.232 e. The predicted octanol–water partition coefficient (Wildman–Crippen LogP) is 3.16. The highest BCUT2D eigenvalue weighted by molar-refractivity contribution is 7.99. The molecular weight excluding hydrogens is 292 g/mol. The number of benzene rings is 1. The van der Waals surface area contributed by atoms with Gasteiger partial charge in [-0.3, -0.25) is 4.79 Å². The average Bonchev–Trinajstić information content (AvgIpc) is 2.55. The van der Waals surface area contributed by atoms with E-state index >= 15 is 0 Å². The molecule has 3 nitrogen and oxygen atoms in total. The van der Waals surface area contributed by atoms with Crippen LogP contribution in [0.5, 0.6) is 0 Å². The molecule has 1 saturated heterocycles. The van der Waals surface area contributed by atoms with E-state index in [1.807, 2.05) is 25.1 Å². The van der Waals surface area contributed by atoms with Crippen LogP contribution in [0.25, 0.3) is 0 Å². The van der Waals surface area contributed by atoms with Crippen molar-refractivity contribution in [2.75, 3.05) is 26.7 Å². The van der Waals surface area contributed by atoms with E-state index in [1.54, 1.807) is 11.8 Å². The lowest BCUT2D eigenvalue weighted by Gasteiger charge is -2.29. The van der Waals surface area contributed by atoms with Crippen molar-refractivity contribution in [2.45, 2.75) is 37.2 Å². The molecule has 0 spiro atoms. The number of rotatable bonds is 7. The van der Waals surface area contributed by atoms with Gasteiger partial charge in [-0.05, 0) is 57.8 Å². The normalized spacial score (nSPS) is 18.1. The molecule has 1 atom stereocenters. The Labute approximate surface area is 138 Å². The minimum Gasteiger partial charge on any atom is -0.355 e. The average molecular weight is 321 g/mol. The van der Waals surface area contributed by atoms with Crippen LogP contribution in [0.3, 0.4) is 0 Å². The Balaban J connectivity index is 1.60. The Kier molecular flexibility index (Phi) is 7.26. The van der Waals surface area contributed by atoms with Crippen molar-refractivity contribution >= 4 is 17.7 Å². The number of likely N-dealkylation sites (tertiary alicyclic amines) is 1. The first-order chi connectivity index (χ1) is 10.6. The van der Waals surface area contributed by atoms with Gasteiger partial charge < -0.3 is 10.2 Å². The number of thioether (sulfide) groups is 1. The molecule has 1 aliphatic heterocycles. The number of nitrogens with one attached hydrogen (secondary N) is 1.